The molecular formula is C14H25NO. The lowest BCUT2D eigenvalue weighted by Gasteiger charge is -2.61. The molecule has 4 fully saturated rings. The maximum Gasteiger partial charge on any atom is 0.0448 e. The highest BCUT2D eigenvalue weighted by Gasteiger charge is 2.56. The van der Waals surface area contributed by atoms with Crippen LogP contribution in [0.1, 0.15) is 45.4 Å². The number of hydrogen-bond acceptors (Lipinski definition) is 2. The van der Waals surface area contributed by atoms with Gasteiger partial charge in [0.15, 0.2) is 0 Å². The van der Waals surface area contributed by atoms with Gasteiger partial charge in [-0.05, 0) is 68.7 Å². The van der Waals surface area contributed by atoms with Crippen molar-refractivity contribution in [3.63, 3.8) is 0 Å². The maximum absolute atomic E-state index is 9.40. The second kappa shape index (κ2) is 3.99. The Morgan fingerprint density at radius 3 is 2.06 bits per heavy atom. The van der Waals surface area contributed by atoms with E-state index >= 15 is 0 Å². The first-order valence-corrected chi connectivity index (χ1v) is 7.14. The Hall–Kier alpha value is -0.0800. The molecule has 0 atom stereocenters. The zero-order valence-electron chi connectivity index (χ0n) is 10.4. The third-order valence-electron chi connectivity index (χ3n) is 5.63. The minimum atomic E-state index is 0.302. The molecule has 0 aromatic heterocycles. The Morgan fingerprint density at radius 2 is 1.62 bits per heavy atom. The van der Waals surface area contributed by atoms with Gasteiger partial charge in [0.1, 0.15) is 0 Å². The van der Waals surface area contributed by atoms with Crippen molar-refractivity contribution in [2.24, 2.45) is 23.7 Å². The average molecular weight is 223 g/mol. The van der Waals surface area contributed by atoms with E-state index in [1.165, 1.54) is 32.1 Å². The molecule has 92 valence electrons. The minimum absolute atomic E-state index is 0.302. The van der Waals surface area contributed by atoms with E-state index in [0.717, 1.165) is 36.6 Å². The molecule has 2 nitrogen and oxygen atoms in total. The molecule has 4 aliphatic rings. The van der Waals surface area contributed by atoms with E-state index in [9.17, 15) is 5.11 Å². The summed E-state index contributed by atoms with van der Waals surface area (Å²) in [6.07, 6.45) is 8.21. The van der Waals surface area contributed by atoms with E-state index in [-0.39, 0.29) is 0 Å². The summed E-state index contributed by atoms with van der Waals surface area (Å²) in [7, 11) is 0. The molecule has 0 saturated heterocycles. The number of aliphatic hydroxyl groups is 1. The minimum Gasteiger partial charge on any atom is -0.396 e. The van der Waals surface area contributed by atoms with Crippen LogP contribution in [0.4, 0.5) is 0 Å². The first-order valence-electron chi connectivity index (χ1n) is 7.14. The highest BCUT2D eigenvalue weighted by molar-refractivity contribution is 5.10. The van der Waals surface area contributed by atoms with Gasteiger partial charge >= 0.3 is 0 Å². The van der Waals surface area contributed by atoms with Crippen LogP contribution < -0.4 is 5.32 Å². The SMILES string of the molecule is CCNC1(CCO)C2CC3CC(C2)CC1C3. The molecule has 0 amide bonds. The summed E-state index contributed by atoms with van der Waals surface area (Å²) in [6, 6.07) is 0. The Balaban J connectivity index is 1.87. The van der Waals surface area contributed by atoms with Gasteiger partial charge < -0.3 is 10.4 Å². The second-order valence-electron chi connectivity index (χ2n) is 6.35. The van der Waals surface area contributed by atoms with Gasteiger partial charge in [0, 0.05) is 12.1 Å². The molecule has 16 heavy (non-hydrogen) atoms. The molecule has 0 radical (unpaired) electrons. The van der Waals surface area contributed by atoms with E-state index in [1.807, 2.05) is 0 Å². The highest BCUT2D eigenvalue weighted by atomic mass is 16.3. The normalized spacial score (nSPS) is 49.9. The van der Waals surface area contributed by atoms with Crippen molar-refractivity contribution >= 4 is 0 Å². The Bertz CT molecular complexity index is 227. The molecule has 0 aromatic rings. The summed E-state index contributed by atoms with van der Waals surface area (Å²) in [5, 5.41) is 13.2. The smallest absolute Gasteiger partial charge is 0.0448 e. The topological polar surface area (TPSA) is 32.3 Å². The van der Waals surface area contributed by atoms with Crippen LogP contribution in [0, 0.1) is 23.7 Å². The zero-order chi connectivity index (χ0) is 11.2. The van der Waals surface area contributed by atoms with E-state index in [1.54, 1.807) is 0 Å². The fourth-order valence-electron chi connectivity index (χ4n) is 5.32. The van der Waals surface area contributed by atoms with Gasteiger partial charge in [-0.2, -0.15) is 0 Å². The fraction of sp³-hybridized carbons (Fsp3) is 1.00. The number of rotatable bonds is 4. The van der Waals surface area contributed by atoms with Crippen LogP contribution in [0.15, 0.2) is 0 Å². The maximum atomic E-state index is 9.40. The summed E-state index contributed by atoms with van der Waals surface area (Å²) in [5.41, 5.74) is 0.302. The van der Waals surface area contributed by atoms with Crippen LogP contribution >= 0.6 is 0 Å². The Kier molecular flexibility index (Phi) is 2.75. The summed E-state index contributed by atoms with van der Waals surface area (Å²) >= 11 is 0. The lowest BCUT2D eigenvalue weighted by atomic mass is 9.48. The van der Waals surface area contributed by atoms with Crippen molar-refractivity contribution in [2.75, 3.05) is 13.2 Å². The van der Waals surface area contributed by atoms with Crippen LogP contribution in [0.5, 0.6) is 0 Å². The van der Waals surface area contributed by atoms with Gasteiger partial charge in [0.05, 0.1) is 0 Å². The first kappa shape index (κ1) is 11.0. The van der Waals surface area contributed by atoms with Crippen molar-refractivity contribution in [1.82, 2.24) is 5.32 Å². The number of nitrogens with one attached hydrogen (secondary N) is 1. The molecule has 4 aliphatic carbocycles. The van der Waals surface area contributed by atoms with Gasteiger partial charge in [-0.25, -0.2) is 0 Å². The van der Waals surface area contributed by atoms with Crippen LogP contribution in [0.25, 0.3) is 0 Å². The highest BCUT2D eigenvalue weighted by Crippen LogP contribution is 2.59. The average Bonchev–Trinajstić information content (AvgIpc) is 2.25. The molecule has 2 heteroatoms. The summed E-state index contributed by atoms with van der Waals surface area (Å²) in [6.45, 7) is 3.63. The van der Waals surface area contributed by atoms with Crippen LogP contribution in [0.2, 0.25) is 0 Å². The Morgan fingerprint density at radius 1 is 1.06 bits per heavy atom. The monoisotopic (exact) mass is 223 g/mol. The molecule has 0 aromatic carbocycles. The van der Waals surface area contributed by atoms with E-state index in [2.05, 4.69) is 12.2 Å². The van der Waals surface area contributed by atoms with E-state index in [4.69, 9.17) is 0 Å². The zero-order valence-corrected chi connectivity index (χ0v) is 10.4. The van der Waals surface area contributed by atoms with E-state index in [0.29, 0.717) is 12.1 Å². The number of hydrogen-bond donors (Lipinski definition) is 2. The summed E-state index contributed by atoms with van der Waals surface area (Å²) in [5.74, 6) is 3.76. The molecule has 2 N–H and O–H groups in total. The van der Waals surface area contributed by atoms with Gasteiger partial charge in [-0.3, -0.25) is 0 Å². The van der Waals surface area contributed by atoms with Gasteiger partial charge in [-0.1, -0.05) is 6.92 Å². The van der Waals surface area contributed by atoms with Crippen molar-refractivity contribution in [1.29, 1.82) is 0 Å². The third-order valence-corrected chi connectivity index (χ3v) is 5.63. The standard InChI is InChI=1S/C14H25NO/c1-2-15-14(3-4-16)12-6-10-5-11(8-12)9-13(14)7-10/h10-13,15-16H,2-9H2,1H3. The molecule has 4 saturated carbocycles. The summed E-state index contributed by atoms with van der Waals surface area (Å²) in [4.78, 5) is 0. The molecule has 4 rings (SSSR count). The lowest BCUT2D eigenvalue weighted by Crippen LogP contribution is -2.65. The predicted molar refractivity (Wildman–Crippen MR) is 65.2 cm³/mol. The molecule has 0 unspecified atom stereocenters. The van der Waals surface area contributed by atoms with Crippen LogP contribution in [-0.4, -0.2) is 23.8 Å². The fourth-order valence-corrected chi connectivity index (χ4v) is 5.32. The summed E-state index contributed by atoms with van der Waals surface area (Å²) < 4.78 is 0. The molecular weight excluding hydrogens is 198 g/mol. The van der Waals surface area contributed by atoms with E-state index < -0.39 is 0 Å². The predicted octanol–water partition coefficient (Wildman–Crippen LogP) is 2.17. The van der Waals surface area contributed by atoms with Gasteiger partial charge in [0.2, 0.25) is 0 Å². The largest absolute Gasteiger partial charge is 0.396 e. The van der Waals surface area contributed by atoms with Crippen molar-refractivity contribution in [3.05, 3.63) is 0 Å². The van der Waals surface area contributed by atoms with Gasteiger partial charge in [0.25, 0.3) is 0 Å². The third kappa shape index (κ3) is 1.46. The Labute approximate surface area is 98.8 Å². The lowest BCUT2D eigenvalue weighted by molar-refractivity contribution is -0.0818. The molecule has 0 aliphatic heterocycles. The van der Waals surface area contributed by atoms with Gasteiger partial charge in [-0.15, -0.1) is 0 Å². The van der Waals surface area contributed by atoms with Crippen LogP contribution in [-0.2, 0) is 0 Å². The van der Waals surface area contributed by atoms with Crippen molar-refractivity contribution in [2.45, 2.75) is 51.0 Å². The molecule has 4 bridgehead atoms. The van der Waals surface area contributed by atoms with Crippen molar-refractivity contribution < 1.29 is 5.11 Å². The number of aliphatic hydroxyl groups excluding tert-OH is 1. The quantitative estimate of drug-likeness (QED) is 0.765. The molecule has 0 heterocycles. The van der Waals surface area contributed by atoms with Crippen molar-refractivity contribution in [3.8, 4) is 0 Å². The molecule has 0 spiro atoms. The first-order chi connectivity index (χ1) is 7.78. The van der Waals surface area contributed by atoms with Crippen LogP contribution in [0.3, 0.4) is 0 Å². The second-order valence-corrected chi connectivity index (χ2v) is 6.35.